The van der Waals surface area contributed by atoms with Crippen molar-refractivity contribution in [1.82, 2.24) is 15.1 Å². The van der Waals surface area contributed by atoms with Gasteiger partial charge in [0, 0.05) is 18.8 Å². The fourth-order valence-corrected chi connectivity index (χ4v) is 3.30. The first-order chi connectivity index (χ1) is 7.13. The molecule has 0 spiro atoms. The van der Waals surface area contributed by atoms with E-state index >= 15 is 0 Å². The van der Waals surface area contributed by atoms with E-state index in [1.165, 1.54) is 5.56 Å². The van der Waals surface area contributed by atoms with E-state index < -0.39 is 0 Å². The number of rotatable bonds is 2. The van der Waals surface area contributed by atoms with Crippen LogP contribution in [0, 0.1) is 6.92 Å². The summed E-state index contributed by atoms with van der Waals surface area (Å²) < 4.78 is 7.19. The number of aromatic nitrogens is 2. The molecule has 0 aliphatic carbocycles. The second-order valence-electron chi connectivity index (χ2n) is 3.91. The van der Waals surface area contributed by atoms with Crippen molar-refractivity contribution in [2.45, 2.75) is 25.3 Å². The van der Waals surface area contributed by atoms with Gasteiger partial charge in [-0.25, -0.2) is 4.68 Å². The summed E-state index contributed by atoms with van der Waals surface area (Å²) in [6.45, 7) is 4.23. The predicted octanol–water partition coefficient (Wildman–Crippen LogP) is 1.46. The zero-order valence-corrected chi connectivity index (χ0v) is 10.4. The Hall–Kier alpha value is -0.680. The molecule has 0 amide bonds. The Morgan fingerprint density at radius 1 is 1.60 bits per heavy atom. The van der Waals surface area contributed by atoms with Gasteiger partial charge in [-0.2, -0.15) is 5.10 Å². The molecule has 2 heterocycles. The fourth-order valence-electron chi connectivity index (χ4n) is 1.96. The topological polar surface area (TPSA) is 39.1 Å². The molecule has 0 radical (unpaired) electrons. The summed E-state index contributed by atoms with van der Waals surface area (Å²) in [5.41, 5.74) is 2.24. The molecule has 0 saturated carbocycles. The van der Waals surface area contributed by atoms with Crippen molar-refractivity contribution in [3.63, 3.8) is 0 Å². The molecule has 2 atom stereocenters. The molecule has 1 N–H and O–H groups in total. The number of methoxy groups -OCH3 is 1. The number of nitrogens with one attached hydrogen (secondary N) is 1. The summed E-state index contributed by atoms with van der Waals surface area (Å²) in [4.78, 5) is 0. The maximum absolute atomic E-state index is 5.39. The minimum Gasteiger partial charge on any atom is -0.481 e. The van der Waals surface area contributed by atoms with Crippen molar-refractivity contribution in [1.29, 1.82) is 0 Å². The Kier molecular flexibility index (Phi) is 2.93. The molecule has 2 unspecified atom stereocenters. The van der Waals surface area contributed by atoms with Crippen LogP contribution in [0.3, 0.4) is 0 Å². The summed E-state index contributed by atoms with van der Waals surface area (Å²) in [5.74, 6) is 2.01. The fraction of sp³-hybridized carbons (Fsp3) is 0.700. The molecule has 2 rings (SSSR count). The number of aryl methyl sites for hydroxylation is 2. The van der Waals surface area contributed by atoms with Crippen LogP contribution in [0.15, 0.2) is 0 Å². The third-order valence-electron chi connectivity index (χ3n) is 2.62. The Balaban J connectivity index is 2.34. The van der Waals surface area contributed by atoms with Gasteiger partial charge in [-0.3, -0.25) is 5.32 Å². The Morgan fingerprint density at radius 3 is 2.87 bits per heavy atom. The van der Waals surface area contributed by atoms with Crippen LogP contribution in [0.25, 0.3) is 0 Å². The lowest BCUT2D eigenvalue weighted by molar-refractivity contribution is 0.367. The summed E-state index contributed by atoms with van der Waals surface area (Å²) in [6.07, 6.45) is 0. The van der Waals surface area contributed by atoms with Gasteiger partial charge in [0.2, 0.25) is 5.88 Å². The predicted molar refractivity (Wildman–Crippen MR) is 62.3 cm³/mol. The van der Waals surface area contributed by atoms with Crippen LogP contribution in [0.1, 0.15) is 23.6 Å². The zero-order valence-electron chi connectivity index (χ0n) is 9.57. The van der Waals surface area contributed by atoms with E-state index in [0.717, 1.165) is 17.3 Å². The average Bonchev–Trinajstić information content (AvgIpc) is 2.70. The Labute approximate surface area is 94.4 Å². The van der Waals surface area contributed by atoms with E-state index in [9.17, 15) is 0 Å². The highest BCUT2D eigenvalue weighted by molar-refractivity contribution is 7.99. The van der Waals surface area contributed by atoms with Gasteiger partial charge in [0.1, 0.15) is 0 Å². The molecule has 1 aromatic rings. The maximum Gasteiger partial charge on any atom is 0.217 e. The van der Waals surface area contributed by atoms with Gasteiger partial charge in [-0.05, 0) is 13.8 Å². The lowest BCUT2D eigenvalue weighted by Gasteiger charge is -2.12. The Morgan fingerprint density at radius 2 is 2.33 bits per heavy atom. The van der Waals surface area contributed by atoms with Crippen molar-refractivity contribution in [3.8, 4) is 5.88 Å². The summed E-state index contributed by atoms with van der Waals surface area (Å²) in [7, 11) is 3.61. The smallest absolute Gasteiger partial charge is 0.217 e. The molecular formula is C10H17N3OS. The lowest BCUT2D eigenvalue weighted by Crippen LogP contribution is -2.22. The molecule has 1 saturated heterocycles. The third-order valence-corrected chi connectivity index (χ3v) is 4.02. The van der Waals surface area contributed by atoms with Crippen molar-refractivity contribution in [2.24, 2.45) is 7.05 Å². The minimum atomic E-state index is 0.323. The standard InChI is InChI=1S/C10H17N3OS/c1-6-5-15-9(11-6)8-7(2)12-13(3)10(8)14-4/h6,9,11H,5H2,1-4H3. The van der Waals surface area contributed by atoms with Crippen LogP contribution in [0.2, 0.25) is 0 Å². The summed E-state index contributed by atoms with van der Waals surface area (Å²) >= 11 is 1.92. The second kappa shape index (κ2) is 4.06. The number of hydrogen-bond donors (Lipinski definition) is 1. The number of nitrogens with zero attached hydrogens (tertiary/aromatic N) is 2. The van der Waals surface area contributed by atoms with E-state index in [2.05, 4.69) is 17.3 Å². The summed E-state index contributed by atoms with van der Waals surface area (Å²) in [5, 5.41) is 8.24. The number of ether oxygens (including phenoxy) is 1. The highest BCUT2D eigenvalue weighted by Gasteiger charge is 2.29. The molecular weight excluding hydrogens is 210 g/mol. The Bertz CT molecular complexity index is 364. The first-order valence-electron chi connectivity index (χ1n) is 5.08. The first-order valence-corrected chi connectivity index (χ1v) is 6.13. The molecule has 1 aliphatic rings. The quantitative estimate of drug-likeness (QED) is 0.830. The van der Waals surface area contributed by atoms with E-state index in [4.69, 9.17) is 4.74 Å². The van der Waals surface area contributed by atoms with E-state index in [0.29, 0.717) is 11.4 Å². The van der Waals surface area contributed by atoms with Crippen molar-refractivity contribution < 1.29 is 4.74 Å². The van der Waals surface area contributed by atoms with Gasteiger partial charge in [0.15, 0.2) is 0 Å². The van der Waals surface area contributed by atoms with Crippen LogP contribution in [0.4, 0.5) is 0 Å². The molecule has 5 heteroatoms. The van der Waals surface area contributed by atoms with Crippen LogP contribution in [-0.2, 0) is 7.05 Å². The molecule has 84 valence electrons. The average molecular weight is 227 g/mol. The van der Waals surface area contributed by atoms with Crippen LogP contribution in [0.5, 0.6) is 5.88 Å². The second-order valence-corrected chi connectivity index (χ2v) is 5.05. The number of hydrogen-bond acceptors (Lipinski definition) is 4. The third kappa shape index (κ3) is 1.86. The normalized spacial score (nSPS) is 25.9. The maximum atomic E-state index is 5.39. The molecule has 0 aromatic carbocycles. The van der Waals surface area contributed by atoms with Gasteiger partial charge in [-0.1, -0.05) is 0 Å². The monoisotopic (exact) mass is 227 g/mol. The SMILES string of the molecule is COc1c(C2NC(C)CS2)c(C)nn1C. The van der Waals surface area contributed by atoms with Crippen LogP contribution >= 0.6 is 11.8 Å². The van der Waals surface area contributed by atoms with E-state index in [-0.39, 0.29) is 0 Å². The summed E-state index contributed by atoms with van der Waals surface area (Å²) in [6, 6.07) is 0.560. The zero-order chi connectivity index (χ0) is 11.0. The first kappa shape index (κ1) is 10.8. The van der Waals surface area contributed by atoms with Crippen molar-refractivity contribution in [3.05, 3.63) is 11.3 Å². The largest absolute Gasteiger partial charge is 0.481 e. The van der Waals surface area contributed by atoms with Crippen LogP contribution in [-0.4, -0.2) is 28.7 Å². The molecule has 0 bridgehead atoms. The van der Waals surface area contributed by atoms with Gasteiger partial charge in [0.05, 0.1) is 23.7 Å². The molecule has 1 aromatic heterocycles. The van der Waals surface area contributed by atoms with E-state index in [1.54, 1.807) is 11.8 Å². The van der Waals surface area contributed by atoms with Gasteiger partial charge in [-0.15, -0.1) is 11.8 Å². The highest BCUT2D eigenvalue weighted by Crippen LogP contribution is 2.38. The van der Waals surface area contributed by atoms with Crippen LogP contribution < -0.4 is 10.1 Å². The van der Waals surface area contributed by atoms with Gasteiger partial charge < -0.3 is 4.74 Å². The molecule has 1 aliphatic heterocycles. The van der Waals surface area contributed by atoms with Gasteiger partial charge >= 0.3 is 0 Å². The lowest BCUT2D eigenvalue weighted by atomic mass is 10.2. The van der Waals surface area contributed by atoms with Crippen molar-refractivity contribution >= 4 is 11.8 Å². The molecule has 15 heavy (non-hydrogen) atoms. The van der Waals surface area contributed by atoms with Gasteiger partial charge in [0.25, 0.3) is 0 Å². The number of thioether (sulfide) groups is 1. The molecule has 1 fully saturated rings. The minimum absolute atomic E-state index is 0.323. The van der Waals surface area contributed by atoms with E-state index in [1.807, 2.05) is 25.7 Å². The van der Waals surface area contributed by atoms with Crippen molar-refractivity contribution in [2.75, 3.05) is 12.9 Å². The molecule has 4 nitrogen and oxygen atoms in total. The highest BCUT2D eigenvalue weighted by atomic mass is 32.2.